The van der Waals surface area contributed by atoms with E-state index in [4.69, 9.17) is 9.15 Å². The summed E-state index contributed by atoms with van der Waals surface area (Å²) < 4.78 is 23.3. The van der Waals surface area contributed by atoms with Crippen LogP contribution in [0.1, 0.15) is 18.8 Å². The molecule has 0 amide bonds. The number of hydrogen-bond acceptors (Lipinski definition) is 3. The molecule has 0 aliphatic carbocycles. The van der Waals surface area contributed by atoms with E-state index < -0.39 is 0 Å². The van der Waals surface area contributed by atoms with Crippen LogP contribution in [0.25, 0.3) is 11.5 Å². The van der Waals surface area contributed by atoms with Crippen molar-refractivity contribution in [2.24, 2.45) is 0 Å². The van der Waals surface area contributed by atoms with Crippen molar-refractivity contribution in [1.82, 2.24) is 4.98 Å². The molecule has 1 atom stereocenters. The highest BCUT2D eigenvalue weighted by Gasteiger charge is 2.11. The molecule has 3 nitrogen and oxygen atoms in total. The predicted octanol–water partition coefficient (Wildman–Crippen LogP) is 3.19. The van der Waals surface area contributed by atoms with Gasteiger partial charge in [-0.1, -0.05) is 0 Å². The number of methoxy groups -OCH3 is 1. The average molecular weight is 221 g/mol. The number of oxazole rings is 1. The molecule has 4 heteroatoms. The summed E-state index contributed by atoms with van der Waals surface area (Å²) in [6.07, 6.45) is 1.48. The lowest BCUT2D eigenvalue weighted by Gasteiger charge is -2.03. The largest absolute Gasteiger partial charge is 0.438 e. The first-order valence-corrected chi connectivity index (χ1v) is 4.95. The van der Waals surface area contributed by atoms with Gasteiger partial charge in [-0.2, -0.15) is 0 Å². The van der Waals surface area contributed by atoms with Crippen LogP contribution in [0.2, 0.25) is 0 Å². The number of benzene rings is 1. The van der Waals surface area contributed by atoms with Crippen molar-refractivity contribution >= 4 is 0 Å². The SMILES string of the molecule is COC(C)c1cnc(-c2ccc(F)cc2)o1. The molecular formula is C12H12FNO2. The molecule has 0 aliphatic heterocycles. The van der Waals surface area contributed by atoms with Crippen LogP contribution in [0, 0.1) is 5.82 Å². The van der Waals surface area contributed by atoms with Crippen molar-refractivity contribution in [1.29, 1.82) is 0 Å². The van der Waals surface area contributed by atoms with E-state index in [1.165, 1.54) is 12.1 Å². The zero-order valence-corrected chi connectivity index (χ0v) is 9.11. The molecule has 0 N–H and O–H groups in total. The molecule has 0 bridgehead atoms. The Labute approximate surface area is 92.9 Å². The number of rotatable bonds is 3. The molecule has 0 radical (unpaired) electrons. The Balaban J connectivity index is 2.28. The van der Waals surface area contributed by atoms with Crippen molar-refractivity contribution in [2.75, 3.05) is 7.11 Å². The second-order valence-electron chi connectivity index (χ2n) is 3.45. The first-order valence-electron chi connectivity index (χ1n) is 4.95. The molecule has 16 heavy (non-hydrogen) atoms. The van der Waals surface area contributed by atoms with E-state index in [9.17, 15) is 4.39 Å². The lowest BCUT2D eigenvalue weighted by Crippen LogP contribution is -1.92. The molecule has 84 valence electrons. The third-order valence-corrected chi connectivity index (χ3v) is 2.37. The number of nitrogens with zero attached hydrogens (tertiary/aromatic N) is 1. The Morgan fingerprint density at radius 1 is 1.31 bits per heavy atom. The lowest BCUT2D eigenvalue weighted by atomic mass is 10.2. The molecule has 0 fully saturated rings. The molecule has 1 aromatic carbocycles. The quantitative estimate of drug-likeness (QED) is 0.798. The van der Waals surface area contributed by atoms with Gasteiger partial charge in [-0.05, 0) is 31.2 Å². The summed E-state index contributed by atoms with van der Waals surface area (Å²) in [6.45, 7) is 1.87. The zero-order valence-electron chi connectivity index (χ0n) is 9.11. The van der Waals surface area contributed by atoms with Gasteiger partial charge in [0.1, 0.15) is 11.9 Å². The lowest BCUT2D eigenvalue weighted by molar-refractivity contribution is 0.100. The van der Waals surface area contributed by atoms with Crippen molar-refractivity contribution in [3.63, 3.8) is 0 Å². The average Bonchev–Trinajstić information content (AvgIpc) is 2.78. The summed E-state index contributed by atoms with van der Waals surface area (Å²) in [4.78, 5) is 4.12. The summed E-state index contributed by atoms with van der Waals surface area (Å²) in [5, 5.41) is 0. The van der Waals surface area contributed by atoms with Gasteiger partial charge in [0.15, 0.2) is 5.76 Å². The van der Waals surface area contributed by atoms with E-state index in [2.05, 4.69) is 4.98 Å². The van der Waals surface area contributed by atoms with E-state index in [1.54, 1.807) is 25.4 Å². The first-order chi connectivity index (χ1) is 7.70. The fourth-order valence-corrected chi connectivity index (χ4v) is 1.32. The summed E-state index contributed by atoms with van der Waals surface area (Å²) >= 11 is 0. The Morgan fingerprint density at radius 2 is 2.00 bits per heavy atom. The molecule has 0 spiro atoms. The van der Waals surface area contributed by atoms with E-state index in [0.717, 1.165) is 5.56 Å². The summed E-state index contributed by atoms with van der Waals surface area (Å²) in [7, 11) is 1.60. The molecular weight excluding hydrogens is 209 g/mol. The third-order valence-electron chi connectivity index (χ3n) is 2.37. The van der Waals surface area contributed by atoms with Crippen LogP contribution in [-0.2, 0) is 4.74 Å². The molecule has 1 aromatic heterocycles. The van der Waals surface area contributed by atoms with E-state index in [-0.39, 0.29) is 11.9 Å². The van der Waals surface area contributed by atoms with Gasteiger partial charge >= 0.3 is 0 Å². The minimum absolute atomic E-state index is 0.137. The molecule has 2 rings (SSSR count). The van der Waals surface area contributed by atoms with Gasteiger partial charge in [0.25, 0.3) is 0 Å². The molecule has 0 aliphatic rings. The van der Waals surface area contributed by atoms with Crippen molar-refractivity contribution in [2.45, 2.75) is 13.0 Å². The Bertz CT molecular complexity index is 464. The first kappa shape index (κ1) is 10.8. The van der Waals surface area contributed by atoms with Gasteiger partial charge in [-0.25, -0.2) is 9.37 Å². The number of aromatic nitrogens is 1. The third kappa shape index (κ3) is 2.12. The molecule has 1 unspecified atom stereocenters. The van der Waals surface area contributed by atoms with Crippen LogP contribution in [0.3, 0.4) is 0 Å². The summed E-state index contributed by atoms with van der Waals surface area (Å²) in [5.41, 5.74) is 0.746. The molecule has 2 aromatic rings. The Kier molecular flexibility index (Phi) is 3.01. The standard InChI is InChI=1S/C12H12FNO2/c1-8(15-2)11-7-14-12(16-11)9-3-5-10(13)6-4-9/h3-8H,1-2H3. The second-order valence-corrected chi connectivity index (χ2v) is 3.45. The van der Waals surface area contributed by atoms with Crippen molar-refractivity contribution < 1.29 is 13.5 Å². The van der Waals surface area contributed by atoms with Crippen LogP contribution >= 0.6 is 0 Å². The van der Waals surface area contributed by atoms with Gasteiger partial charge < -0.3 is 9.15 Å². The predicted molar refractivity (Wildman–Crippen MR) is 57.3 cm³/mol. The second kappa shape index (κ2) is 4.45. The number of halogens is 1. The fourth-order valence-electron chi connectivity index (χ4n) is 1.32. The van der Waals surface area contributed by atoms with E-state index >= 15 is 0 Å². The zero-order chi connectivity index (χ0) is 11.5. The van der Waals surface area contributed by atoms with Gasteiger partial charge in [0.2, 0.25) is 5.89 Å². The maximum Gasteiger partial charge on any atom is 0.226 e. The Morgan fingerprint density at radius 3 is 2.62 bits per heavy atom. The van der Waals surface area contributed by atoms with Crippen LogP contribution in [-0.4, -0.2) is 12.1 Å². The minimum atomic E-state index is -0.277. The van der Waals surface area contributed by atoms with Crippen molar-refractivity contribution in [3.05, 3.63) is 42.0 Å². The van der Waals surface area contributed by atoms with Crippen LogP contribution in [0.15, 0.2) is 34.9 Å². The van der Waals surface area contributed by atoms with E-state index in [1.807, 2.05) is 6.92 Å². The normalized spacial score (nSPS) is 12.7. The maximum absolute atomic E-state index is 12.7. The van der Waals surface area contributed by atoms with Crippen LogP contribution < -0.4 is 0 Å². The number of hydrogen-bond donors (Lipinski definition) is 0. The highest BCUT2D eigenvalue weighted by Crippen LogP contribution is 2.23. The molecule has 0 saturated heterocycles. The summed E-state index contributed by atoms with van der Waals surface area (Å²) in [6, 6.07) is 6.00. The maximum atomic E-state index is 12.7. The van der Waals surface area contributed by atoms with Gasteiger partial charge in [0, 0.05) is 12.7 Å². The van der Waals surface area contributed by atoms with Crippen LogP contribution in [0.5, 0.6) is 0 Å². The fraction of sp³-hybridized carbons (Fsp3) is 0.250. The topological polar surface area (TPSA) is 35.3 Å². The Hall–Kier alpha value is -1.68. The van der Waals surface area contributed by atoms with Crippen molar-refractivity contribution in [3.8, 4) is 11.5 Å². The van der Waals surface area contributed by atoms with Gasteiger partial charge in [-0.3, -0.25) is 0 Å². The number of ether oxygens (including phenoxy) is 1. The highest BCUT2D eigenvalue weighted by molar-refractivity contribution is 5.52. The van der Waals surface area contributed by atoms with E-state index in [0.29, 0.717) is 11.7 Å². The van der Waals surface area contributed by atoms with Gasteiger partial charge in [-0.15, -0.1) is 0 Å². The highest BCUT2D eigenvalue weighted by atomic mass is 19.1. The molecule has 1 heterocycles. The van der Waals surface area contributed by atoms with Crippen LogP contribution in [0.4, 0.5) is 4.39 Å². The monoisotopic (exact) mass is 221 g/mol. The van der Waals surface area contributed by atoms with Gasteiger partial charge in [0.05, 0.1) is 6.20 Å². The molecule has 0 saturated carbocycles. The smallest absolute Gasteiger partial charge is 0.226 e. The summed E-state index contributed by atoms with van der Waals surface area (Å²) in [5.74, 6) is 0.849. The minimum Gasteiger partial charge on any atom is -0.438 e.